The fraction of sp³-hybridized carbons (Fsp3) is 0.143. The lowest BCUT2D eigenvalue weighted by Crippen LogP contribution is -2.23. The summed E-state index contributed by atoms with van der Waals surface area (Å²) in [5.74, 6) is 0.690. The van der Waals surface area contributed by atoms with Gasteiger partial charge in [-0.05, 0) is 60.4 Å². The molecule has 4 heterocycles. The van der Waals surface area contributed by atoms with Crippen LogP contribution in [0, 0.1) is 11.3 Å². The Kier molecular flexibility index (Phi) is 6.37. The average molecular weight is 553 g/mol. The second-order valence-electron chi connectivity index (χ2n) is 9.20. The number of pyridine rings is 1. The minimum Gasteiger partial charge on any atom is -0.453 e. The SMILES string of the molecule is COC(=O)Nc1ccc(-c2cnc([C@@H]3CCc4cc(-c5cc(Cl)ccc5-n5cc(C#N)nn5)cc(=O)n43)[nH]2)cc1. The summed E-state index contributed by atoms with van der Waals surface area (Å²) >= 11 is 6.32. The second-order valence-corrected chi connectivity index (χ2v) is 9.63. The Balaban J connectivity index is 1.31. The van der Waals surface area contributed by atoms with Crippen LogP contribution in [0.25, 0.3) is 28.1 Å². The highest BCUT2D eigenvalue weighted by Crippen LogP contribution is 2.34. The van der Waals surface area contributed by atoms with E-state index in [9.17, 15) is 9.59 Å². The Morgan fingerprint density at radius 2 is 2.00 bits per heavy atom. The van der Waals surface area contributed by atoms with Crippen molar-refractivity contribution < 1.29 is 9.53 Å². The molecule has 198 valence electrons. The quantitative estimate of drug-likeness (QED) is 0.321. The number of benzene rings is 2. The van der Waals surface area contributed by atoms with Crippen LogP contribution in [0.2, 0.25) is 5.02 Å². The predicted octanol–water partition coefficient (Wildman–Crippen LogP) is 4.73. The fourth-order valence-electron chi connectivity index (χ4n) is 4.94. The van der Waals surface area contributed by atoms with E-state index >= 15 is 0 Å². The molecule has 1 amide bonds. The summed E-state index contributed by atoms with van der Waals surface area (Å²) in [4.78, 5) is 32.8. The molecule has 0 unspecified atom stereocenters. The number of nitrogens with zero attached hydrogens (tertiary/aromatic N) is 6. The Morgan fingerprint density at radius 1 is 1.18 bits per heavy atom. The van der Waals surface area contributed by atoms with Gasteiger partial charge in [0.2, 0.25) is 0 Å². The first-order chi connectivity index (χ1) is 19.4. The van der Waals surface area contributed by atoms with E-state index in [1.54, 1.807) is 47.2 Å². The van der Waals surface area contributed by atoms with E-state index in [1.807, 2.05) is 24.3 Å². The first kappa shape index (κ1) is 25.1. The van der Waals surface area contributed by atoms with Crippen molar-refractivity contribution in [2.75, 3.05) is 12.4 Å². The minimum absolute atomic E-state index is 0.159. The number of aromatic amines is 1. The number of carbonyl (C=O) groups is 1. The monoisotopic (exact) mass is 552 g/mol. The van der Waals surface area contributed by atoms with Gasteiger partial charge >= 0.3 is 6.09 Å². The molecule has 0 bridgehead atoms. The van der Waals surface area contributed by atoms with Gasteiger partial charge in [-0.25, -0.2) is 14.5 Å². The number of hydrogen-bond donors (Lipinski definition) is 2. The lowest BCUT2D eigenvalue weighted by molar-refractivity contribution is 0.187. The van der Waals surface area contributed by atoms with Crippen molar-refractivity contribution in [2.45, 2.75) is 18.9 Å². The summed E-state index contributed by atoms with van der Waals surface area (Å²) in [6.45, 7) is 0. The molecular weight excluding hydrogens is 532 g/mol. The highest BCUT2D eigenvalue weighted by molar-refractivity contribution is 6.31. The van der Waals surface area contributed by atoms with Crippen LogP contribution in [0.4, 0.5) is 10.5 Å². The Bertz CT molecular complexity index is 1850. The molecule has 0 fully saturated rings. The van der Waals surface area contributed by atoms with E-state index in [4.69, 9.17) is 16.9 Å². The minimum atomic E-state index is -0.539. The van der Waals surface area contributed by atoms with Gasteiger partial charge in [0, 0.05) is 28.0 Å². The number of nitrogens with one attached hydrogen (secondary N) is 2. The number of amides is 1. The molecule has 0 spiro atoms. The van der Waals surface area contributed by atoms with Crippen LogP contribution in [0.1, 0.15) is 29.7 Å². The summed E-state index contributed by atoms with van der Waals surface area (Å²) < 4.78 is 7.89. The molecule has 1 aliphatic rings. The highest BCUT2D eigenvalue weighted by Gasteiger charge is 2.28. The molecule has 5 aromatic rings. The molecule has 0 aliphatic carbocycles. The zero-order chi connectivity index (χ0) is 27.8. The summed E-state index contributed by atoms with van der Waals surface area (Å²) in [6.07, 6.45) is 4.13. The molecule has 11 nitrogen and oxygen atoms in total. The third-order valence-corrected chi connectivity index (χ3v) is 7.03. The van der Waals surface area contributed by atoms with Gasteiger partial charge in [0.15, 0.2) is 5.69 Å². The lowest BCUT2D eigenvalue weighted by atomic mass is 10.0. The normalized spacial score (nSPS) is 14.0. The largest absolute Gasteiger partial charge is 0.453 e. The number of rotatable bonds is 5. The van der Waals surface area contributed by atoms with Crippen LogP contribution in [0.15, 0.2) is 71.8 Å². The van der Waals surface area contributed by atoms with E-state index in [2.05, 4.69) is 30.3 Å². The number of halogens is 1. The van der Waals surface area contributed by atoms with Gasteiger partial charge in [-0.2, -0.15) is 5.26 Å². The van der Waals surface area contributed by atoms with Gasteiger partial charge in [0.1, 0.15) is 11.9 Å². The molecule has 0 saturated heterocycles. The number of ether oxygens (including phenoxy) is 1. The molecule has 0 saturated carbocycles. The fourth-order valence-corrected chi connectivity index (χ4v) is 5.11. The standard InChI is InChI=1S/C28H21ClN8O3/c1-40-28(39)32-19-5-2-16(3-6-19)23-14-31-27(33-23)25-9-7-21-10-17(11-26(38)37(21)25)22-12-18(29)4-8-24(22)36-15-20(13-30)34-35-36/h2-6,8,10-12,14-15,25H,7,9H2,1H3,(H,31,33)(H,32,39)/t25-/m0/s1. The Hall–Kier alpha value is -5.21. The van der Waals surface area contributed by atoms with Gasteiger partial charge in [0.05, 0.1) is 36.9 Å². The number of methoxy groups -OCH3 is 1. The van der Waals surface area contributed by atoms with Gasteiger partial charge in [-0.3, -0.25) is 10.1 Å². The van der Waals surface area contributed by atoms with Gasteiger partial charge in [0.25, 0.3) is 5.56 Å². The van der Waals surface area contributed by atoms with Crippen LogP contribution >= 0.6 is 11.6 Å². The summed E-state index contributed by atoms with van der Waals surface area (Å²) in [5, 5.41) is 20.2. The Morgan fingerprint density at radius 3 is 2.75 bits per heavy atom. The molecule has 1 aliphatic heterocycles. The van der Waals surface area contributed by atoms with E-state index < -0.39 is 6.09 Å². The van der Waals surface area contributed by atoms with Crippen molar-refractivity contribution in [1.82, 2.24) is 29.5 Å². The zero-order valence-electron chi connectivity index (χ0n) is 21.1. The van der Waals surface area contributed by atoms with E-state index in [-0.39, 0.29) is 17.3 Å². The molecule has 2 aromatic carbocycles. The van der Waals surface area contributed by atoms with Crippen molar-refractivity contribution >= 4 is 23.4 Å². The number of aromatic nitrogens is 6. The third kappa shape index (κ3) is 4.61. The van der Waals surface area contributed by atoms with Crippen molar-refractivity contribution in [3.8, 4) is 34.1 Å². The van der Waals surface area contributed by atoms with Crippen LogP contribution < -0.4 is 10.9 Å². The smallest absolute Gasteiger partial charge is 0.411 e. The van der Waals surface area contributed by atoms with Crippen LogP contribution in [0.3, 0.4) is 0 Å². The van der Waals surface area contributed by atoms with Gasteiger partial charge in [-0.1, -0.05) is 28.9 Å². The lowest BCUT2D eigenvalue weighted by Gasteiger charge is -2.15. The average Bonchev–Trinajstić information content (AvgIpc) is 3.73. The Labute approximate surface area is 232 Å². The van der Waals surface area contributed by atoms with E-state index in [0.717, 1.165) is 17.0 Å². The van der Waals surface area contributed by atoms with Crippen LogP contribution in [-0.4, -0.2) is 42.7 Å². The van der Waals surface area contributed by atoms with Crippen molar-refractivity contribution in [2.24, 2.45) is 0 Å². The number of fused-ring (bicyclic) bond motifs is 1. The van der Waals surface area contributed by atoms with Crippen LogP contribution in [0.5, 0.6) is 0 Å². The molecule has 3 aromatic heterocycles. The number of carbonyl (C=O) groups excluding carboxylic acids is 1. The second kappa shape index (κ2) is 10.2. The number of imidazole rings is 1. The van der Waals surface area contributed by atoms with Gasteiger partial charge in [-0.15, -0.1) is 5.10 Å². The summed E-state index contributed by atoms with van der Waals surface area (Å²) in [5.41, 5.74) is 5.26. The maximum Gasteiger partial charge on any atom is 0.411 e. The number of anilines is 1. The first-order valence-electron chi connectivity index (χ1n) is 12.3. The topological polar surface area (TPSA) is 144 Å². The zero-order valence-corrected chi connectivity index (χ0v) is 21.9. The van der Waals surface area contributed by atoms with Crippen molar-refractivity contribution in [3.63, 3.8) is 0 Å². The summed E-state index contributed by atoms with van der Waals surface area (Å²) in [6, 6.07) is 17.8. The molecule has 6 rings (SSSR count). The third-order valence-electron chi connectivity index (χ3n) is 6.80. The van der Waals surface area contributed by atoms with Crippen molar-refractivity contribution in [1.29, 1.82) is 5.26 Å². The van der Waals surface area contributed by atoms with E-state index in [1.165, 1.54) is 18.0 Å². The van der Waals surface area contributed by atoms with Crippen LogP contribution in [-0.2, 0) is 11.2 Å². The van der Waals surface area contributed by atoms with E-state index in [0.29, 0.717) is 46.2 Å². The maximum absolute atomic E-state index is 13.5. The molecule has 2 N–H and O–H groups in total. The number of aryl methyl sites for hydroxylation is 1. The predicted molar refractivity (Wildman–Crippen MR) is 147 cm³/mol. The molecule has 40 heavy (non-hydrogen) atoms. The number of H-pyrrole nitrogens is 1. The molecule has 0 radical (unpaired) electrons. The molecule has 12 heteroatoms. The first-order valence-corrected chi connectivity index (χ1v) is 12.7. The van der Waals surface area contributed by atoms with Crippen molar-refractivity contribution in [3.05, 3.63) is 99.6 Å². The summed E-state index contributed by atoms with van der Waals surface area (Å²) in [7, 11) is 1.31. The molecule has 1 atom stereocenters. The number of nitriles is 1. The maximum atomic E-state index is 13.5. The number of hydrogen-bond acceptors (Lipinski definition) is 7. The van der Waals surface area contributed by atoms with Gasteiger partial charge < -0.3 is 14.3 Å². The highest BCUT2D eigenvalue weighted by atomic mass is 35.5. The molecular formula is C28H21ClN8O3.